The van der Waals surface area contributed by atoms with Gasteiger partial charge < -0.3 is 10.1 Å². The number of hydrogen-bond donors (Lipinski definition) is 2. The highest BCUT2D eigenvalue weighted by molar-refractivity contribution is 6.39. The van der Waals surface area contributed by atoms with Crippen LogP contribution in [-0.4, -0.2) is 30.1 Å². The molecule has 10 heteroatoms. The van der Waals surface area contributed by atoms with Crippen LogP contribution in [-0.2, 0) is 9.59 Å². The molecular weight excluding hydrogens is 364 g/mol. The normalized spacial score (nSPS) is 10.4. The van der Waals surface area contributed by atoms with E-state index < -0.39 is 16.7 Å². The maximum absolute atomic E-state index is 11.8. The summed E-state index contributed by atoms with van der Waals surface area (Å²) in [5.41, 5.74) is 2.47. The molecule has 0 heterocycles. The first-order valence-electron chi connectivity index (χ1n) is 7.13. The molecule has 26 heavy (non-hydrogen) atoms. The first-order valence-corrected chi connectivity index (χ1v) is 7.51. The van der Waals surface area contributed by atoms with Crippen molar-refractivity contribution in [2.45, 2.75) is 0 Å². The Morgan fingerprint density at radius 1 is 1.19 bits per heavy atom. The molecule has 2 aromatic rings. The zero-order chi connectivity index (χ0) is 19.1. The molecular formula is C16H13ClN4O5. The van der Waals surface area contributed by atoms with E-state index in [0.29, 0.717) is 17.0 Å². The summed E-state index contributed by atoms with van der Waals surface area (Å²) in [6.45, 7) is 0. The van der Waals surface area contributed by atoms with Crippen molar-refractivity contribution in [1.29, 1.82) is 0 Å². The summed E-state index contributed by atoms with van der Waals surface area (Å²) >= 11 is 5.70. The van der Waals surface area contributed by atoms with Crippen LogP contribution in [0.4, 0.5) is 11.4 Å². The molecule has 0 radical (unpaired) electrons. The van der Waals surface area contributed by atoms with Crippen molar-refractivity contribution in [3.05, 3.63) is 63.2 Å². The van der Waals surface area contributed by atoms with E-state index in [2.05, 4.69) is 10.4 Å². The SMILES string of the molecule is COc1ccc(NC(=O)C(=O)N/N=C\c2ccc(Cl)c([N+](=O)[O-])c2)cc1. The average Bonchev–Trinajstić information content (AvgIpc) is 2.63. The highest BCUT2D eigenvalue weighted by Crippen LogP contribution is 2.24. The molecule has 0 saturated heterocycles. The molecule has 0 aliphatic heterocycles. The van der Waals surface area contributed by atoms with Crippen LogP contribution >= 0.6 is 11.6 Å². The molecule has 2 rings (SSSR count). The number of carbonyl (C=O) groups is 2. The summed E-state index contributed by atoms with van der Waals surface area (Å²) in [7, 11) is 1.51. The van der Waals surface area contributed by atoms with Crippen LogP contribution in [0.25, 0.3) is 0 Å². The lowest BCUT2D eigenvalue weighted by molar-refractivity contribution is -0.384. The maximum atomic E-state index is 11.8. The lowest BCUT2D eigenvalue weighted by atomic mass is 10.2. The molecule has 2 N–H and O–H groups in total. The second kappa shape index (κ2) is 8.58. The minimum atomic E-state index is -1.000. The van der Waals surface area contributed by atoms with Crippen LogP contribution in [0.5, 0.6) is 5.75 Å². The van der Waals surface area contributed by atoms with Gasteiger partial charge in [-0.2, -0.15) is 5.10 Å². The Balaban J connectivity index is 1.94. The summed E-state index contributed by atoms with van der Waals surface area (Å²) < 4.78 is 4.99. The van der Waals surface area contributed by atoms with Gasteiger partial charge in [-0.05, 0) is 30.3 Å². The number of ether oxygens (including phenoxy) is 1. The Morgan fingerprint density at radius 2 is 1.88 bits per heavy atom. The van der Waals surface area contributed by atoms with Crippen molar-refractivity contribution < 1.29 is 19.2 Å². The highest BCUT2D eigenvalue weighted by Gasteiger charge is 2.14. The van der Waals surface area contributed by atoms with Gasteiger partial charge in [0.1, 0.15) is 10.8 Å². The van der Waals surface area contributed by atoms with Gasteiger partial charge in [0.2, 0.25) is 0 Å². The fraction of sp³-hybridized carbons (Fsp3) is 0.0625. The number of methoxy groups -OCH3 is 1. The van der Waals surface area contributed by atoms with E-state index >= 15 is 0 Å². The number of benzene rings is 2. The minimum Gasteiger partial charge on any atom is -0.497 e. The molecule has 0 bridgehead atoms. The fourth-order valence-corrected chi connectivity index (χ4v) is 2.01. The predicted molar refractivity (Wildman–Crippen MR) is 95.5 cm³/mol. The van der Waals surface area contributed by atoms with Gasteiger partial charge in [0.05, 0.1) is 18.2 Å². The maximum Gasteiger partial charge on any atom is 0.329 e. The third-order valence-corrected chi connectivity index (χ3v) is 3.42. The smallest absolute Gasteiger partial charge is 0.329 e. The first-order chi connectivity index (χ1) is 12.4. The molecule has 0 aromatic heterocycles. The number of nitrogens with one attached hydrogen (secondary N) is 2. The number of nitro benzene ring substituents is 1. The van der Waals surface area contributed by atoms with E-state index in [-0.39, 0.29) is 10.7 Å². The van der Waals surface area contributed by atoms with Crippen molar-refractivity contribution in [1.82, 2.24) is 5.43 Å². The van der Waals surface area contributed by atoms with Gasteiger partial charge in [0.25, 0.3) is 5.69 Å². The first kappa shape index (κ1) is 18.9. The number of halogens is 1. The summed E-state index contributed by atoms with van der Waals surface area (Å²) in [6.07, 6.45) is 1.15. The van der Waals surface area contributed by atoms with Gasteiger partial charge in [-0.1, -0.05) is 17.7 Å². The van der Waals surface area contributed by atoms with Gasteiger partial charge >= 0.3 is 11.8 Å². The molecule has 0 aliphatic rings. The summed E-state index contributed by atoms with van der Waals surface area (Å²) in [5.74, 6) is -1.32. The number of carbonyl (C=O) groups excluding carboxylic acids is 2. The van der Waals surface area contributed by atoms with Gasteiger partial charge in [-0.15, -0.1) is 0 Å². The third kappa shape index (κ3) is 5.02. The van der Waals surface area contributed by atoms with Gasteiger partial charge in [-0.3, -0.25) is 19.7 Å². The van der Waals surface area contributed by atoms with E-state index in [4.69, 9.17) is 16.3 Å². The number of hydrazone groups is 1. The largest absolute Gasteiger partial charge is 0.497 e. The number of anilines is 1. The zero-order valence-electron chi connectivity index (χ0n) is 13.4. The quantitative estimate of drug-likeness (QED) is 0.359. The Kier molecular flexibility index (Phi) is 6.23. The topological polar surface area (TPSA) is 123 Å². The molecule has 2 amide bonds. The zero-order valence-corrected chi connectivity index (χ0v) is 14.2. The van der Waals surface area contributed by atoms with E-state index in [9.17, 15) is 19.7 Å². The second-order valence-corrected chi connectivity index (χ2v) is 5.26. The van der Waals surface area contributed by atoms with E-state index in [1.54, 1.807) is 24.3 Å². The van der Waals surface area contributed by atoms with Crippen LogP contribution in [0, 0.1) is 10.1 Å². The van der Waals surface area contributed by atoms with Gasteiger partial charge in [-0.25, -0.2) is 5.43 Å². The van der Waals surface area contributed by atoms with Crippen molar-refractivity contribution in [2.75, 3.05) is 12.4 Å². The molecule has 0 spiro atoms. The van der Waals surface area contributed by atoms with Crippen LogP contribution < -0.4 is 15.5 Å². The highest BCUT2D eigenvalue weighted by atomic mass is 35.5. The molecule has 0 atom stereocenters. The van der Waals surface area contributed by atoms with E-state index in [0.717, 1.165) is 6.21 Å². The number of nitrogens with zero attached hydrogens (tertiary/aromatic N) is 2. The van der Waals surface area contributed by atoms with Crippen molar-refractivity contribution >= 4 is 41.0 Å². The molecule has 2 aromatic carbocycles. The Labute approximate surface area is 152 Å². The number of amides is 2. The Bertz CT molecular complexity index is 867. The molecule has 0 fully saturated rings. The van der Waals surface area contributed by atoms with Gasteiger partial charge in [0, 0.05) is 17.3 Å². The predicted octanol–water partition coefficient (Wildman–Crippen LogP) is 2.35. The van der Waals surface area contributed by atoms with Crippen molar-refractivity contribution in [3.63, 3.8) is 0 Å². The third-order valence-electron chi connectivity index (χ3n) is 3.10. The monoisotopic (exact) mass is 376 g/mol. The number of hydrogen-bond acceptors (Lipinski definition) is 6. The minimum absolute atomic E-state index is 0.0185. The molecule has 0 unspecified atom stereocenters. The average molecular weight is 377 g/mol. The summed E-state index contributed by atoms with van der Waals surface area (Å²) in [5, 5.41) is 16.8. The van der Waals surface area contributed by atoms with E-state index in [1.807, 2.05) is 5.43 Å². The standard InChI is InChI=1S/C16H13ClN4O5/c1-26-12-5-3-11(4-6-12)19-15(22)16(23)20-18-9-10-2-7-13(17)14(8-10)21(24)25/h2-9H,1H3,(H,19,22)(H,20,23)/b18-9-. The van der Waals surface area contributed by atoms with Crippen molar-refractivity contribution in [3.8, 4) is 5.75 Å². The fourth-order valence-electron chi connectivity index (χ4n) is 1.83. The van der Waals surface area contributed by atoms with Crippen LogP contribution in [0.3, 0.4) is 0 Å². The lowest BCUT2D eigenvalue weighted by Crippen LogP contribution is -2.32. The van der Waals surface area contributed by atoms with Crippen LogP contribution in [0.1, 0.15) is 5.56 Å². The van der Waals surface area contributed by atoms with Gasteiger partial charge in [0.15, 0.2) is 0 Å². The summed E-state index contributed by atoms with van der Waals surface area (Å²) in [6, 6.07) is 10.4. The van der Waals surface area contributed by atoms with Crippen molar-refractivity contribution in [2.24, 2.45) is 5.10 Å². The summed E-state index contributed by atoms with van der Waals surface area (Å²) in [4.78, 5) is 33.6. The molecule has 134 valence electrons. The van der Waals surface area contributed by atoms with Crippen LogP contribution in [0.2, 0.25) is 5.02 Å². The lowest BCUT2D eigenvalue weighted by Gasteiger charge is -2.05. The molecule has 0 saturated carbocycles. The van der Waals surface area contributed by atoms with E-state index in [1.165, 1.54) is 25.3 Å². The number of rotatable bonds is 5. The molecule has 0 aliphatic carbocycles. The second-order valence-electron chi connectivity index (χ2n) is 4.85. The molecule has 9 nitrogen and oxygen atoms in total. The van der Waals surface area contributed by atoms with Crippen LogP contribution in [0.15, 0.2) is 47.6 Å². The Hall–Kier alpha value is -3.46. The Morgan fingerprint density at radius 3 is 2.50 bits per heavy atom. The number of nitro groups is 1.